The molecular weight excluding hydrogens is 198 g/mol. The Morgan fingerprint density at radius 2 is 2.06 bits per heavy atom. The molecule has 0 bridgehead atoms. The van der Waals surface area contributed by atoms with Crippen LogP contribution in [-0.4, -0.2) is 18.2 Å². The predicted molar refractivity (Wildman–Crippen MR) is 66.9 cm³/mol. The molecule has 1 aromatic rings. The minimum absolute atomic E-state index is 0.401. The molecule has 1 fully saturated rings. The molecule has 0 spiro atoms. The summed E-state index contributed by atoms with van der Waals surface area (Å²) in [5.74, 6) is 1.01. The van der Waals surface area contributed by atoms with Gasteiger partial charge in [0.05, 0.1) is 0 Å². The summed E-state index contributed by atoms with van der Waals surface area (Å²) in [7, 11) is 0. The van der Waals surface area contributed by atoms with Crippen LogP contribution in [-0.2, 0) is 0 Å². The summed E-state index contributed by atoms with van der Waals surface area (Å²) in [5, 5.41) is 3.53. The minimum atomic E-state index is 0.401. The molecule has 0 radical (unpaired) electrons. The van der Waals surface area contributed by atoms with Gasteiger partial charge in [-0.15, -0.1) is 0 Å². The van der Waals surface area contributed by atoms with Crippen LogP contribution in [0.15, 0.2) is 24.3 Å². The number of hydrogen-bond donors (Lipinski definition) is 1. The van der Waals surface area contributed by atoms with Gasteiger partial charge in [-0.1, -0.05) is 26.0 Å². The Morgan fingerprint density at radius 1 is 1.31 bits per heavy atom. The van der Waals surface area contributed by atoms with Crippen LogP contribution in [0.25, 0.3) is 0 Å². The second kappa shape index (κ2) is 4.88. The zero-order chi connectivity index (χ0) is 11.5. The zero-order valence-corrected chi connectivity index (χ0v) is 10.4. The molecule has 1 aromatic carbocycles. The summed E-state index contributed by atoms with van der Waals surface area (Å²) < 4.78 is 5.90. The third-order valence-electron chi connectivity index (χ3n) is 2.96. The second-order valence-corrected chi connectivity index (χ2v) is 5.05. The summed E-state index contributed by atoms with van der Waals surface area (Å²) in [5.41, 5.74) is 1.26. The lowest BCUT2D eigenvalue weighted by Gasteiger charge is -2.37. The lowest BCUT2D eigenvalue weighted by molar-refractivity contribution is 0.0815. The van der Waals surface area contributed by atoms with Crippen molar-refractivity contribution in [1.29, 1.82) is 0 Å². The van der Waals surface area contributed by atoms with Crippen molar-refractivity contribution in [3.8, 4) is 5.75 Å². The van der Waals surface area contributed by atoms with E-state index in [1.807, 2.05) is 12.1 Å². The van der Waals surface area contributed by atoms with Crippen LogP contribution in [0.2, 0.25) is 0 Å². The Bertz CT molecular complexity index is 342. The highest BCUT2D eigenvalue weighted by molar-refractivity contribution is 5.27. The number of rotatable bonds is 4. The Labute approximate surface area is 98.0 Å². The molecule has 0 unspecified atom stereocenters. The van der Waals surface area contributed by atoms with Crippen molar-refractivity contribution in [2.75, 3.05) is 0 Å². The zero-order valence-electron chi connectivity index (χ0n) is 10.4. The van der Waals surface area contributed by atoms with Gasteiger partial charge < -0.3 is 10.1 Å². The van der Waals surface area contributed by atoms with Gasteiger partial charge >= 0.3 is 0 Å². The Hall–Kier alpha value is -1.02. The monoisotopic (exact) mass is 219 g/mol. The first-order valence-electron chi connectivity index (χ1n) is 6.13. The van der Waals surface area contributed by atoms with Gasteiger partial charge in [0, 0.05) is 12.1 Å². The number of hydrogen-bond acceptors (Lipinski definition) is 2. The summed E-state index contributed by atoms with van der Waals surface area (Å²) in [6.45, 7) is 6.47. The average molecular weight is 219 g/mol. The van der Waals surface area contributed by atoms with E-state index in [1.54, 1.807) is 0 Å². The van der Waals surface area contributed by atoms with Gasteiger partial charge in [0.2, 0.25) is 0 Å². The highest BCUT2D eigenvalue weighted by atomic mass is 16.5. The largest absolute Gasteiger partial charge is 0.490 e. The molecule has 2 heteroatoms. The number of benzene rings is 1. The fourth-order valence-corrected chi connectivity index (χ4v) is 2.15. The Morgan fingerprint density at radius 3 is 2.69 bits per heavy atom. The molecule has 0 saturated heterocycles. The van der Waals surface area contributed by atoms with Crippen molar-refractivity contribution in [2.24, 2.45) is 0 Å². The molecule has 0 amide bonds. The van der Waals surface area contributed by atoms with E-state index in [1.165, 1.54) is 5.56 Å². The SMILES string of the molecule is Cc1cccc(OC2CC(NC(C)C)C2)c1. The van der Waals surface area contributed by atoms with Crippen molar-refractivity contribution >= 4 is 0 Å². The van der Waals surface area contributed by atoms with Gasteiger partial charge in [-0.3, -0.25) is 0 Å². The summed E-state index contributed by atoms with van der Waals surface area (Å²) in [6.07, 6.45) is 2.66. The third-order valence-corrected chi connectivity index (χ3v) is 2.96. The Balaban J connectivity index is 1.77. The molecule has 0 aromatic heterocycles. The van der Waals surface area contributed by atoms with Gasteiger partial charge in [-0.05, 0) is 37.5 Å². The lowest BCUT2D eigenvalue weighted by Crippen LogP contribution is -2.49. The summed E-state index contributed by atoms with van der Waals surface area (Å²) >= 11 is 0. The van der Waals surface area contributed by atoms with E-state index in [0.29, 0.717) is 18.2 Å². The lowest BCUT2D eigenvalue weighted by atomic mass is 9.88. The van der Waals surface area contributed by atoms with Gasteiger partial charge in [0.15, 0.2) is 0 Å². The summed E-state index contributed by atoms with van der Waals surface area (Å²) in [4.78, 5) is 0. The molecule has 2 rings (SSSR count). The number of ether oxygens (including phenoxy) is 1. The van der Waals surface area contributed by atoms with Crippen LogP contribution in [0.5, 0.6) is 5.75 Å². The van der Waals surface area contributed by atoms with Crippen LogP contribution in [0, 0.1) is 6.92 Å². The van der Waals surface area contributed by atoms with Gasteiger partial charge in [0.25, 0.3) is 0 Å². The van der Waals surface area contributed by atoms with E-state index < -0.39 is 0 Å². The van der Waals surface area contributed by atoms with Crippen molar-refractivity contribution in [2.45, 2.75) is 51.8 Å². The standard InChI is InChI=1S/C14H21NO/c1-10(2)15-12-8-14(9-12)16-13-6-4-5-11(3)7-13/h4-7,10,12,14-15H,8-9H2,1-3H3. The van der Waals surface area contributed by atoms with Crippen molar-refractivity contribution < 1.29 is 4.74 Å². The van der Waals surface area contributed by atoms with E-state index >= 15 is 0 Å². The quantitative estimate of drug-likeness (QED) is 0.840. The molecule has 0 heterocycles. The number of nitrogens with one attached hydrogen (secondary N) is 1. The van der Waals surface area contributed by atoms with E-state index in [9.17, 15) is 0 Å². The Kier molecular flexibility index (Phi) is 3.49. The van der Waals surface area contributed by atoms with Crippen molar-refractivity contribution in [3.05, 3.63) is 29.8 Å². The molecule has 16 heavy (non-hydrogen) atoms. The van der Waals surface area contributed by atoms with Crippen LogP contribution < -0.4 is 10.1 Å². The molecule has 0 atom stereocenters. The van der Waals surface area contributed by atoms with E-state index in [0.717, 1.165) is 18.6 Å². The first kappa shape index (κ1) is 11.5. The highest BCUT2D eigenvalue weighted by Gasteiger charge is 2.30. The third kappa shape index (κ3) is 2.99. The smallest absolute Gasteiger partial charge is 0.119 e. The predicted octanol–water partition coefficient (Wildman–Crippen LogP) is 2.90. The maximum atomic E-state index is 5.90. The fourth-order valence-electron chi connectivity index (χ4n) is 2.15. The van der Waals surface area contributed by atoms with E-state index in [2.05, 4.69) is 38.2 Å². The van der Waals surface area contributed by atoms with Crippen LogP contribution in [0.4, 0.5) is 0 Å². The first-order valence-corrected chi connectivity index (χ1v) is 6.13. The fraction of sp³-hybridized carbons (Fsp3) is 0.571. The maximum Gasteiger partial charge on any atom is 0.119 e. The van der Waals surface area contributed by atoms with Crippen LogP contribution >= 0.6 is 0 Å². The molecule has 1 aliphatic rings. The first-order chi connectivity index (χ1) is 7.63. The molecule has 1 saturated carbocycles. The average Bonchev–Trinajstić information content (AvgIpc) is 2.14. The molecule has 1 N–H and O–H groups in total. The number of aryl methyl sites for hydroxylation is 1. The van der Waals surface area contributed by atoms with Gasteiger partial charge in [0.1, 0.15) is 11.9 Å². The highest BCUT2D eigenvalue weighted by Crippen LogP contribution is 2.26. The van der Waals surface area contributed by atoms with E-state index in [-0.39, 0.29) is 0 Å². The van der Waals surface area contributed by atoms with E-state index in [4.69, 9.17) is 4.74 Å². The van der Waals surface area contributed by atoms with Gasteiger partial charge in [-0.2, -0.15) is 0 Å². The molecular formula is C14H21NO. The maximum absolute atomic E-state index is 5.90. The molecule has 1 aliphatic carbocycles. The molecule has 2 nitrogen and oxygen atoms in total. The van der Waals surface area contributed by atoms with Crippen molar-refractivity contribution in [1.82, 2.24) is 5.32 Å². The topological polar surface area (TPSA) is 21.3 Å². The second-order valence-electron chi connectivity index (χ2n) is 5.05. The molecule has 0 aliphatic heterocycles. The van der Waals surface area contributed by atoms with Gasteiger partial charge in [-0.25, -0.2) is 0 Å². The van der Waals surface area contributed by atoms with Crippen LogP contribution in [0.1, 0.15) is 32.3 Å². The summed E-state index contributed by atoms with van der Waals surface area (Å²) in [6, 6.07) is 9.50. The van der Waals surface area contributed by atoms with Crippen molar-refractivity contribution in [3.63, 3.8) is 0 Å². The minimum Gasteiger partial charge on any atom is -0.490 e. The van der Waals surface area contributed by atoms with Crippen LogP contribution in [0.3, 0.4) is 0 Å². The normalized spacial score (nSPS) is 24.2. The molecule has 88 valence electrons.